The molecule has 0 aliphatic carbocycles. The monoisotopic (exact) mass is 118 g/mol. The maximum Gasteiger partial charge on any atom is 0.0133 e. The van der Waals surface area contributed by atoms with Crippen molar-refractivity contribution in [2.45, 2.75) is 19.8 Å². The van der Waals surface area contributed by atoms with Gasteiger partial charge >= 0.3 is 0 Å². The first kappa shape index (κ1) is 7.86. The standard InChI is InChI=1S/C9H10/c1-3-5-7-9-8-6-4-2/h3H,1,5,7H2,2H3. The lowest BCUT2D eigenvalue weighted by Gasteiger charge is -1.75. The van der Waals surface area contributed by atoms with E-state index < -0.39 is 0 Å². The number of hydrogen-bond donors (Lipinski definition) is 0. The third-order valence-electron chi connectivity index (χ3n) is 0.749. The van der Waals surface area contributed by atoms with Crippen molar-refractivity contribution >= 4 is 0 Å². The Kier molecular flexibility index (Phi) is 5.99. The predicted octanol–water partition coefficient (Wildman–Crippen LogP) is 1.98. The third-order valence-corrected chi connectivity index (χ3v) is 0.749. The van der Waals surface area contributed by atoms with Crippen molar-refractivity contribution in [2.24, 2.45) is 0 Å². The molecule has 0 N–H and O–H groups in total. The summed E-state index contributed by atoms with van der Waals surface area (Å²) in [7, 11) is 0. The molecule has 0 bridgehead atoms. The molecule has 0 radical (unpaired) electrons. The van der Waals surface area contributed by atoms with Gasteiger partial charge in [0, 0.05) is 6.42 Å². The highest BCUT2D eigenvalue weighted by atomic mass is 13.7. The molecule has 0 rings (SSSR count). The van der Waals surface area contributed by atoms with Crippen LogP contribution in [0.2, 0.25) is 0 Å². The Balaban J connectivity index is 3.34. The molecule has 0 heteroatoms. The van der Waals surface area contributed by atoms with Gasteiger partial charge in [-0.1, -0.05) is 17.9 Å². The summed E-state index contributed by atoms with van der Waals surface area (Å²) in [6, 6.07) is 0. The van der Waals surface area contributed by atoms with Crippen LogP contribution in [0.1, 0.15) is 19.8 Å². The van der Waals surface area contributed by atoms with Crippen molar-refractivity contribution in [2.75, 3.05) is 0 Å². The SMILES string of the molecule is C=CCCC#CC#CC. The predicted molar refractivity (Wildman–Crippen MR) is 40.7 cm³/mol. The lowest BCUT2D eigenvalue weighted by Crippen LogP contribution is -1.61. The first-order valence-electron chi connectivity index (χ1n) is 2.92. The van der Waals surface area contributed by atoms with E-state index in [2.05, 4.69) is 30.3 Å². The largest absolute Gasteiger partial charge is 0.103 e. The average Bonchev–Trinajstić information content (AvgIpc) is 1.89. The van der Waals surface area contributed by atoms with Gasteiger partial charge in [0.15, 0.2) is 0 Å². The van der Waals surface area contributed by atoms with Gasteiger partial charge in [-0.15, -0.1) is 6.58 Å². The fourth-order valence-corrected chi connectivity index (χ4v) is 0.343. The molecular formula is C9H10. The van der Waals surface area contributed by atoms with Gasteiger partial charge in [-0.25, -0.2) is 0 Å². The molecule has 0 saturated heterocycles. The lowest BCUT2D eigenvalue weighted by molar-refractivity contribution is 1.09. The molecular weight excluding hydrogens is 108 g/mol. The van der Waals surface area contributed by atoms with Crippen LogP contribution < -0.4 is 0 Å². The van der Waals surface area contributed by atoms with Crippen LogP contribution in [0, 0.1) is 23.7 Å². The molecule has 0 aromatic carbocycles. The van der Waals surface area contributed by atoms with Crippen molar-refractivity contribution in [1.82, 2.24) is 0 Å². The number of unbranched alkanes of at least 4 members (excludes halogenated alkanes) is 1. The second-order valence-electron chi connectivity index (χ2n) is 1.50. The first-order valence-corrected chi connectivity index (χ1v) is 2.92. The van der Waals surface area contributed by atoms with E-state index in [1.54, 1.807) is 6.92 Å². The highest BCUT2D eigenvalue weighted by molar-refractivity contribution is 5.24. The second-order valence-corrected chi connectivity index (χ2v) is 1.50. The molecule has 0 heterocycles. The van der Waals surface area contributed by atoms with Gasteiger partial charge in [-0.05, 0) is 25.2 Å². The molecule has 0 unspecified atom stereocenters. The van der Waals surface area contributed by atoms with Gasteiger partial charge < -0.3 is 0 Å². The van der Waals surface area contributed by atoms with Crippen LogP contribution in [0.5, 0.6) is 0 Å². The minimum Gasteiger partial charge on any atom is -0.103 e. The van der Waals surface area contributed by atoms with Crippen molar-refractivity contribution in [3.05, 3.63) is 12.7 Å². The molecule has 9 heavy (non-hydrogen) atoms. The number of rotatable bonds is 2. The lowest BCUT2D eigenvalue weighted by atomic mass is 10.3. The zero-order valence-corrected chi connectivity index (χ0v) is 5.70. The summed E-state index contributed by atoms with van der Waals surface area (Å²) in [6.45, 7) is 5.35. The molecule has 0 spiro atoms. The number of allylic oxidation sites excluding steroid dienone is 1. The van der Waals surface area contributed by atoms with Crippen molar-refractivity contribution < 1.29 is 0 Å². The Hall–Kier alpha value is -1.14. The minimum absolute atomic E-state index is 0.873. The normalized spacial score (nSPS) is 5.89. The summed E-state index contributed by atoms with van der Waals surface area (Å²) in [6.07, 6.45) is 3.69. The Labute approximate surface area is 57.0 Å². The fourth-order valence-electron chi connectivity index (χ4n) is 0.343. The first-order chi connectivity index (χ1) is 4.41. The van der Waals surface area contributed by atoms with Crippen LogP contribution >= 0.6 is 0 Å². The molecule has 0 nitrogen and oxygen atoms in total. The van der Waals surface area contributed by atoms with Crippen LogP contribution in [0.15, 0.2) is 12.7 Å². The molecule has 0 aliphatic rings. The summed E-state index contributed by atoms with van der Waals surface area (Å²) in [4.78, 5) is 0. The van der Waals surface area contributed by atoms with E-state index in [0.717, 1.165) is 12.8 Å². The van der Waals surface area contributed by atoms with E-state index in [4.69, 9.17) is 0 Å². The van der Waals surface area contributed by atoms with E-state index in [1.807, 2.05) is 6.08 Å². The van der Waals surface area contributed by atoms with Gasteiger partial charge in [0.25, 0.3) is 0 Å². The van der Waals surface area contributed by atoms with Crippen molar-refractivity contribution in [3.8, 4) is 23.7 Å². The quantitative estimate of drug-likeness (QED) is 0.295. The topological polar surface area (TPSA) is 0 Å². The zero-order chi connectivity index (χ0) is 6.95. The highest BCUT2D eigenvalue weighted by Crippen LogP contribution is 1.83. The number of hydrogen-bond acceptors (Lipinski definition) is 0. The van der Waals surface area contributed by atoms with Gasteiger partial charge in [-0.2, -0.15) is 0 Å². The summed E-state index contributed by atoms with van der Waals surface area (Å²) in [5, 5.41) is 0. The maximum atomic E-state index is 3.57. The minimum atomic E-state index is 0.873. The van der Waals surface area contributed by atoms with Crippen LogP contribution in [0.4, 0.5) is 0 Å². The fraction of sp³-hybridized carbons (Fsp3) is 0.333. The van der Waals surface area contributed by atoms with E-state index in [-0.39, 0.29) is 0 Å². The molecule has 0 fully saturated rings. The van der Waals surface area contributed by atoms with Gasteiger partial charge in [0.05, 0.1) is 0 Å². The maximum absolute atomic E-state index is 3.57. The Morgan fingerprint density at radius 3 is 2.78 bits per heavy atom. The summed E-state index contributed by atoms with van der Waals surface area (Å²) in [5.41, 5.74) is 0. The van der Waals surface area contributed by atoms with E-state index in [1.165, 1.54) is 0 Å². The van der Waals surface area contributed by atoms with Gasteiger partial charge in [-0.3, -0.25) is 0 Å². The smallest absolute Gasteiger partial charge is 0.0133 e. The Bertz CT molecular complexity index is 178. The summed E-state index contributed by atoms with van der Waals surface area (Å²) in [5.74, 6) is 11.0. The van der Waals surface area contributed by atoms with E-state index in [0.29, 0.717) is 0 Å². The highest BCUT2D eigenvalue weighted by Gasteiger charge is 1.68. The average molecular weight is 118 g/mol. The van der Waals surface area contributed by atoms with Gasteiger partial charge in [0.1, 0.15) is 0 Å². The van der Waals surface area contributed by atoms with E-state index >= 15 is 0 Å². The van der Waals surface area contributed by atoms with Crippen LogP contribution in [0.3, 0.4) is 0 Å². The molecule has 0 aromatic heterocycles. The molecule has 0 saturated carbocycles. The Morgan fingerprint density at radius 1 is 1.44 bits per heavy atom. The molecule has 0 aromatic rings. The van der Waals surface area contributed by atoms with Crippen LogP contribution in [-0.4, -0.2) is 0 Å². The molecule has 0 atom stereocenters. The van der Waals surface area contributed by atoms with Crippen LogP contribution in [0.25, 0.3) is 0 Å². The third kappa shape index (κ3) is 6.86. The summed E-state index contributed by atoms with van der Waals surface area (Å²) < 4.78 is 0. The van der Waals surface area contributed by atoms with Crippen molar-refractivity contribution in [3.63, 3.8) is 0 Å². The zero-order valence-electron chi connectivity index (χ0n) is 5.70. The van der Waals surface area contributed by atoms with Gasteiger partial charge in [0.2, 0.25) is 0 Å². The molecule has 0 aliphatic heterocycles. The van der Waals surface area contributed by atoms with E-state index in [9.17, 15) is 0 Å². The Morgan fingerprint density at radius 2 is 2.22 bits per heavy atom. The molecule has 0 amide bonds. The van der Waals surface area contributed by atoms with Crippen LogP contribution in [-0.2, 0) is 0 Å². The summed E-state index contributed by atoms with van der Waals surface area (Å²) >= 11 is 0. The van der Waals surface area contributed by atoms with Crippen molar-refractivity contribution in [1.29, 1.82) is 0 Å². The molecule has 46 valence electrons. The second kappa shape index (κ2) is 6.86.